The van der Waals surface area contributed by atoms with Crippen LogP contribution in [0.3, 0.4) is 0 Å². The number of rotatable bonds is 3. The molecule has 0 fully saturated rings. The molecule has 1 N–H and O–H groups in total. The summed E-state index contributed by atoms with van der Waals surface area (Å²) in [5.74, 6) is 0. The van der Waals surface area contributed by atoms with E-state index in [2.05, 4.69) is 0 Å². The zero-order valence-electron chi connectivity index (χ0n) is 17.7. The largest absolute Gasteiger partial charge is 0.425 e. The lowest BCUT2D eigenvalue weighted by molar-refractivity contribution is 0.483. The van der Waals surface area contributed by atoms with Crippen LogP contribution >= 0.6 is 0 Å². The van der Waals surface area contributed by atoms with Crippen molar-refractivity contribution in [2.75, 3.05) is 0 Å². The topological polar surface area (TPSA) is 140 Å². The Labute approximate surface area is 203 Å². The van der Waals surface area contributed by atoms with E-state index < -0.39 is 30.6 Å². The van der Waals surface area contributed by atoms with Gasteiger partial charge in [0.1, 0.15) is 0 Å². The van der Waals surface area contributed by atoms with Crippen molar-refractivity contribution in [2.45, 2.75) is 14.7 Å². The second-order valence-electron chi connectivity index (χ2n) is 7.49. The molecule has 4 aromatic carbocycles. The first-order valence-corrected chi connectivity index (χ1v) is 13.8. The standard InChI is InChI=1S/C24H16O5S2.O3S/c25-30(26)23-14-18(16-4-2-1-3-5-16)8-12-21(23)22-13-9-19(15-24(22)30)17-6-10-20(11-7-17)31(27,28)29;1-4(2)3/h1-15H,(H,27,28,29);. The highest BCUT2D eigenvalue weighted by Gasteiger charge is 2.33. The van der Waals surface area contributed by atoms with Crippen molar-refractivity contribution < 1.29 is 34.0 Å². The summed E-state index contributed by atoms with van der Waals surface area (Å²) < 4.78 is 83.6. The van der Waals surface area contributed by atoms with Gasteiger partial charge in [-0.1, -0.05) is 66.7 Å². The summed E-state index contributed by atoms with van der Waals surface area (Å²) in [4.78, 5) is 0.290. The predicted molar refractivity (Wildman–Crippen MR) is 128 cm³/mol. The summed E-state index contributed by atoms with van der Waals surface area (Å²) >= 11 is 0. The molecule has 178 valence electrons. The third-order valence-corrected chi connectivity index (χ3v) is 8.13. The van der Waals surface area contributed by atoms with E-state index >= 15 is 0 Å². The van der Waals surface area contributed by atoms with Crippen LogP contribution in [0, 0.1) is 0 Å². The van der Waals surface area contributed by atoms with Crippen molar-refractivity contribution in [3.8, 4) is 33.4 Å². The van der Waals surface area contributed by atoms with Crippen molar-refractivity contribution in [1.29, 1.82) is 0 Å². The van der Waals surface area contributed by atoms with Gasteiger partial charge < -0.3 is 0 Å². The molecule has 1 heterocycles. The van der Waals surface area contributed by atoms with E-state index in [0.29, 0.717) is 22.3 Å². The van der Waals surface area contributed by atoms with Crippen molar-refractivity contribution in [2.24, 2.45) is 0 Å². The molecule has 0 atom stereocenters. The van der Waals surface area contributed by atoms with Crippen LogP contribution in [-0.4, -0.2) is 34.0 Å². The van der Waals surface area contributed by atoms with Crippen LogP contribution in [0.15, 0.2) is 106 Å². The molecule has 35 heavy (non-hydrogen) atoms. The Balaban J connectivity index is 0.000000672. The Morgan fingerprint density at radius 1 is 0.600 bits per heavy atom. The lowest BCUT2D eigenvalue weighted by Crippen LogP contribution is -1.98. The Morgan fingerprint density at radius 3 is 1.43 bits per heavy atom. The van der Waals surface area contributed by atoms with Crippen molar-refractivity contribution in [1.82, 2.24) is 0 Å². The highest BCUT2D eigenvalue weighted by molar-refractivity contribution is 7.92. The molecule has 0 amide bonds. The maximum Gasteiger partial charge on any atom is 0.425 e. The maximum atomic E-state index is 13.3. The Bertz CT molecular complexity index is 1750. The lowest BCUT2D eigenvalue weighted by Gasteiger charge is -2.06. The molecule has 8 nitrogen and oxygen atoms in total. The average Bonchev–Trinajstić information content (AvgIpc) is 3.05. The Hall–Kier alpha value is -3.64. The first-order chi connectivity index (χ1) is 16.5. The second kappa shape index (κ2) is 9.19. The third kappa shape index (κ3) is 4.93. The van der Waals surface area contributed by atoms with Crippen LogP contribution in [0.4, 0.5) is 0 Å². The monoisotopic (exact) mass is 528 g/mol. The number of hydrogen-bond acceptors (Lipinski definition) is 7. The Morgan fingerprint density at radius 2 is 1.00 bits per heavy atom. The molecule has 0 unspecified atom stereocenters. The van der Waals surface area contributed by atoms with Crippen molar-refractivity contribution in [3.63, 3.8) is 0 Å². The summed E-state index contributed by atoms with van der Waals surface area (Å²) in [6.45, 7) is 0. The van der Waals surface area contributed by atoms with Crippen LogP contribution in [0.2, 0.25) is 0 Å². The smallest absolute Gasteiger partial charge is 0.282 e. The van der Waals surface area contributed by atoms with E-state index in [1.165, 1.54) is 24.3 Å². The number of fused-ring (bicyclic) bond motifs is 3. The molecule has 0 aliphatic carbocycles. The van der Waals surface area contributed by atoms with Crippen LogP contribution in [0.5, 0.6) is 0 Å². The maximum absolute atomic E-state index is 13.3. The van der Waals surface area contributed by atoms with Crippen LogP contribution in [0.25, 0.3) is 33.4 Å². The fraction of sp³-hybridized carbons (Fsp3) is 0. The molecule has 1 aliphatic rings. The summed E-state index contributed by atoms with van der Waals surface area (Å²) in [5, 5.41) is 0. The quantitative estimate of drug-likeness (QED) is 0.346. The van der Waals surface area contributed by atoms with Crippen LogP contribution in [-0.2, 0) is 30.6 Å². The van der Waals surface area contributed by atoms with E-state index in [1.54, 1.807) is 24.3 Å². The number of benzene rings is 4. The molecule has 0 aromatic heterocycles. The molecular weight excluding hydrogens is 512 g/mol. The third-order valence-electron chi connectivity index (χ3n) is 5.43. The highest BCUT2D eigenvalue weighted by atomic mass is 32.2. The summed E-state index contributed by atoms with van der Waals surface area (Å²) in [7, 11) is -11.1. The summed E-state index contributed by atoms with van der Waals surface area (Å²) in [6, 6.07) is 25.9. The van der Waals surface area contributed by atoms with Crippen molar-refractivity contribution in [3.05, 3.63) is 91.0 Å². The predicted octanol–water partition coefficient (Wildman–Crippen LogP) is 4.08. The molecule has 1 aliphatic heterocycles. The molecule has 0 bridgehead atoms. The Kier molecular flexibility index (Phi) is 6.43. The van der Waals surface area contributed by atoms with E-state index in [1.807, 2.05) is 42.5 Å². The molecule has 0 radical (unpaired) electrons. The first kappa shape index (κ1) is 24.5. The van der Waals surface area contributed by atoms with Gasteiger partial charge in [0.25, 0.3) is 10.1 Å². The van der Waals surface area contributed by atoms with Crippen molar-refractivity contribution >= 4 is 30.6 Å². The highest BCUT2D eigenvalue weighted by Crippen LogP contribution is 2.45. The lowest BCUT2D eigenvalue weighted by atomic mass is 9.98. The van der Waals surface area contributed by atoms with Crippen LogP contribution < -0.4 is 0 Å². The van der Waals surface area contributed by atoms with E-state index in [9.17, 15) is 16.8 Å². The fourth-order valence-corrected chi connectivity index (χ4v) is 6.08. The normalized spacial score (nSPS) is 13.2. The van der Waals surface area contributed by atoms with E-state index in [4.69, 9.17) is 17.2 Å². The molecule has 0 saturated carbocycles. The van der Waals surface area contributed by atoms with Gasteiger partial charge in [0.15, 0.2) is 0 Å². The SMILES string of the molecule is O=S(=O)(O)c1ccc(-c2ccc3c(c2)S(=O)(=O)c2cc(-c4ccccc4)ccc2-3)cc1.O=S(=O)=O. The van der Waals surface area contributed by atoms with Gasteiger partial charge in [0, 0.05) is 11.1 Å². The molecule has 4 aromatic rings. The average molecular weight is 529 g/mol. The summed E-state index contributed by atoms with van der Waals surface area (Å²) in [6.07, 6.45) is 0. The van der Waals surface area contributed by atoms with E-state index in [0.717, 1.165) is 11.1 Å². The number of sulfone groups is 1. The van der Waals surface area contributed by atoms with Gasteiger partial charge in [-0.2, -0.15) is 8.42 Å². The molecule has 0 spiro atoms. The molecular formula is C24H16O8S3. The van der Waals surface area contributed by atoms with Gasteiger partial charge in [-0.25, -0.2) is 8.42 Å². The van der Waals surface area contributed by atoms with Gasteiger partial charge >= 0.3 is 10.6 Å². The minimum absolute atomic E-state index is 0.217. The van der Waals surface area contributed by atoms with Gasteiger partial charge in [-0.15, -0.1) is 12.6 Å². The second-order valence-corrected chi connectivity index (χ2v) is 11.2. The molecule has 0 saturated heterocycles. The minimum Gasteiger partial charge on any atom is -0.282 e. The van der Waals surface area contributed by atoms with Gasteiger partial charge in [-0.05, 0) is 46.5 Å². The van der Waals surface area contributed by atoms with Gasteiger partial charge in [0.2, 0.25) is 9.84 Å². The molecule has 11 heteroatoms. The summed E-state index contributed by atoms with van der Waals surface area (Å²) in [5.41, 5.74) is 4.37. The van der Waals surface area contributed by atoms with Gasteiger partial charge in [0.05, 0.1) is 14.7 Å². The van der Waals surface area contributed by atoms with E-state index in [-0.39, 0.29) is 14.7 Å². The molecule has 5 rings (SSSR count). The first-order valence-electron chi connectivity index (χ1n) is 9.92. The number of hydrogen-bond donors (Lipinski definition) is 1. The zero-order chi connectivity index (χ0) is 25.4. The van der Waals surface area contributed by atoms with Gasteiger partial charge in [-0.3, -0.25) is 4.55 Å². The fourth-order valence-electron chi connectivity index (χ4n) is 3.86. The minimum atomic E-state index is -4.29. The zero-order valence-corrected chi connectivity index (χ0v) is 20.1. The van der Waals surface area contributed by atoms with Crippen LogP contribution in [0.1, 0.15) is 0 Å².